The zero-order valence-electron chi connectivity index (χ0n) is 12.7. The number of anilines is 1. The fraction of sp³-hybridized carbons (Fsp3) is 0.333. The molecular weight excluding hydrogens is 320 g/mol. The van der Waals surface area contributed by atoms with Crippen molar-refractivity contribution in [3.63, 3.8) is 0 Å². The summed E-state index contributed by atoms with van der Waals surface area (Å²) in [4.78, 5) is 32.0. The van der Waals surface area contributed by atoms with Crippen molar-refractivity contribution >= 4 is 23.4 Å². The van der Waals surface area contributed by atoms with Crippen molar-refractivity contribution in [2.75, 3.05) is 18.5 Å². The van der Waals surface area contributed by atoms with Crippen molar-refractivity contribution in [3.05, 3.63) is 51.8 Å². The lowest BCUT2D eigenvalue weighted by Crippen LogP contribution is -2.29. The molecule has 23 heavy (non-hydrogen) atoms. The second-order valence-corrected chi connectivity index (χ2v) is 5.01. The molecule has 1 N–H and O–H groups in total. The second-order valence-electron chi connectivity index (χ2n) is 4.62. The first kappa shape index (κ1) is 17.0. The Morgan fingerprint density at radius 2 is 2.22 bits per heavy atom. The Morgan fingerprint density at radius 3 is 2.91 bits per heavy atom. The molecule has 122 valence electrons. The number of carbonyl (C=O) groups excluding carboxylic acids is 1. The van der Waals surface area contributed by atoms with Crippen LogP contribution in [0.25, 0.3) is 0 Å². The summed E-state index contributed by atoms with van der Waals surface area (Å²) in [5.41, 5.74) is 0.437. The molecule has 0 bridgehead atoms. The Labute approximate surface area is 138 Å². The van der Waals surface area contributed by atoms with Gasteiger partial charge in [0.05, 0.1) is 12.8 Å². The number of esters is 1. The maximum atomic E-state index is 12.3. The van der Waals surface area contributed by atoms with Gasteiger partial charge in [0.1, 0.15) is 11.7 Å². The van der Waals surface area contributed by atoms with Crippen LogP contribution in [0.5, 0.6) is 0 Å². The number of halogens is 1. The quantitative estimate of drug-likeness (QED) is 0.771. The molecule has 2 heterocycles. The Bertz CT molecular complexity index is 718. The van der Waals surface area contributed by atoms with E-state index in [2.05, 4.69) is 15.3 Å². The maximum Gasteiger partial charge on any atom is 0.326 e. The van der Waals surface area contributed by atoms with E-state index < -0.39 is 11.5 Å². The molecule has 8 heteroatoms. The first-order chi connectivity index (χ1) is 11.1. The topological polar surface area (TPSA) is 86.1 Å². The van der Waals surface area contributed by atoms with Crippen LogP contribution in [0, 0.1) is 0 Å². The van der Waals surface area contributed by atoms with Gasteiger partial charge < -0.3 is 10.1 Å². The Morgan fingerprint density at radius 1 is 1.39 bits per heavy atom. The average Bonchev–Trinajstić information content (AvgIpc) is 2.55. The molecule has 0 radical (unpaired) electrons. The predicted molar refractivity (Wildman–Crippen MR) is 86.6 cm³/mol. The molecule has 0 saturated carbocycles. The minimum atomic E-state index is -0.526. The molecule has 2 aromatic rings. The molecule has 0 spiro atoms. The molecule has 0 aliphatic rings. The number of nitrogens with zero attached hydrogens (tertiary/aromatic N) is 3. The van der Waals surface area contributed by atoms with Crippen molar-refractivity contribution in [3.8, 4) is 0 Å². The summed E-state index contributed by atoms with van der Waals surface area (Å²) >= 11 is 5.93. The van der Waals surface area contributed by atoms with Crippen LogP contribution in [-0.4, -0.2) is 33.7 Å². The van der Waals surface area contributed by atoms with Gasteiger partial charge in [-0.05, 0) is 19.1 Å². The number of nitrogens with one attached hydrogen (secondary N) is 1. The SMILES string of the molecule is CCOC(=O)Cn1c(Cl)cnc(NCCc2ccccn2)c1=O. The fourth-order valence-corrected chi connectivity index (χ4v) is 2.11. The number of rotatable bonds is 7. The summed E-state index contributed by atoms with van der Waals surface area (Å²) in [6.07, 6.45) is 3.68. The van der Waals surface area contributed by atoms with E-state index in [1.54, 1.807) is 13.1 Å². The van der Waals surface area contributed by atoms with Crippen molar-refractivity contribution < 1.29 is 9.53 Å². The van der Waals surface area contributed by atoms with Gasteiger partial charge in [-0.1, -0.05) is 17.7 Å². The third kappa shape index (κ3) is 4.79. The number of hydrogen-bond donors (Lipinski definition) is 1. The van der Waals surface area contributed by atoms with Crippen molar-refractivity contribution in [1.29, 1.82) is 0 Å². The van der Waals surface area contributed by atoms with Gasteiger partial charge in [-0.25, -0.2) is 4.98 Å². The molecule has 0 amide bonds. The van der Waals surface area contributed by atoms with E-state index >= 15 is 0 Å². The highest BCUT2D eigenvalue weighted by atomic mass is 35.5. The maximum absolute atomic E-state index is 12.3. The molecule has 0 aliphatic heterocycles. The van der Waals surface area contributed by atoms with Gasteiger partial charge in [0.15, 0.2) is 5.82 Å². The van der Waals surface area contributed by atoms with Crippen molar-refractivity contribution in [2.24, 2.45) is 0 Å². The number of carbonyl (C=O) groups is 1. The van der Waals surface area contributed by atoms with E-state index in [-0.39, 0.29) is 24.1 Å². The van der Waals surface area contributed by atoms with Crippen LogP contribution in [-0.2, 0) is 22.5 Å². The van der Waals surface area contributed by atoms with Crippen LogP contribution in [0.15, 0.2) is 35.4 Å². The van der Waals surface area contributed by atoms with Gasteiger partial charge >= 0.3 is 5.97 Å². The van der Waals surface area contributed by atoms with E-state index in [1.165, 1.54) is 6.20 Å². The fourth-order valence-electron chi connectivity index (χ4n) is 1.93. The molecular formula is C15H17ClN4O3. The van der Waals surface area contributed by atoms with Gasteiger partial charge in [-0.3, -0.25) is 19.1 Å². The minimum Gasteiger partial charge on any atom is -0.465 e. The lowest BCUT2D eigenvalue weighted by molar-refractivity contribution is -0.143. The summed E-state index contributed by atoms with van der Waals surface area (Å²) in [7, 11) is 0. The lowest BCUT2D eigenvalue weighted by Gasteiger charge is -2.10. The van der Waals surface area contributed by atoms with E-state index in [9.17, 15) is 9.59 Å². The zero-order chi connectivity index (χ0) is 16.7. The van der Waals surface area contributed by atoms with E-state index in [4.69, 9.17) is 16.3 Å². The third-order valence-electron chi connectivity index (χ3n) is 3.00. The zero-order valence-corrected chi connectivity index (χ0v) is 13.4. The highest BCUT2D eigenvalue weighted by Gasteiger charge is 2.12. The normalized spacial score (nSPS) is 10.3. The van der Waals surface area contributed by atoms with Gasteiger partial charge in [0.2, 0.25) is 0 Å². The summed E-state index contributed by atoms with van der Waals surface area (Å²) in [6, 6.07) is 5.64. The Hall–Kier alpha value is -2.41. The Kier molecular flexibility index (Phi) is 6.10. The molecule has 2 rings (SSSR count). The molecule has 0 aliphatic carbocycles. The van der Waals surface area contributed by atoms with Gasteiger partial charge in [0.25, 0.3) is 5.56 Å². The minimum absolute atomic E-state index is 0.0818. The van der Waals surface area contributed by atoms with E-state index in [1.807, 2.05) is 18.2 Å². The van der Waals surface area contributed by atoms with Crippen LogP contribution < -0.4 is 10.9 Å². The molecule has 0 unspecified atom stereocenters. The molecule has 7 nitrogen and oxygen atoms in total. The van der Waals surface area contributed by atoms with Crippen molar-refractivity contribution in [2.45, 2.75) is 19.9 Å². The molecule has 0 fully saturated rings. The highest BCUT2D eigenvalue weighted by molar-refractivity contribution is 6.29. The van der Waals surface area contributed by atoms with Gasteiger partial charge in [-0.2, -0.15) is 0 Å². The smallest absolute Gasteiger partial charge is 0.326 e. The van der Waals surface area contributed by atoms with Crippen LogP contribution in [0.2, 0.25) is 5.15 Å². The highest BCUT2D eigenvalue weighted by Crippen LogP contribution is 2.07. The summed E-state index contributed by atoms with van der Waals surface area (Å²) in [5.74, 6) is -0.392. The summed E-state index contributed by atoms with van der Waals surface area (Å²) in [5, 5.41) is 3.02. The molecule has 2 aromatic heterocycles. The van der Waals surface area contributed by atoms with Crippen LogP contribution in [0.3, 0.4) is 0 Å². The summed E-state index contributed by atoms with van der Waals surface area (Å²) in [6.45, 7) is 2.17. The standard InChI is InChI=1S/C15H17ClN4O3/c1-2-23-13(21)10-20-12(16)9-19-14(15(20)22)18-8-6-11-5-3-4-7-17-11/h3-5,7,9H,2,6,8,10H2,1H3,(H,18,19). The molecule has 0 saturated heterocycles. The van der Waals surface area contributed by atoms with Gasteiger partial charge in [0, 0.05) is 24.9 Å². The number of hydrogen-bond acceptors (Lipinski definition) is 6. The Balaban J connectivity index is 2.05. The largest absolute Gasteiger partial charge is 0.465 e. The molecule has 0 aromatic carbocycles. The number of pyridine rings is 1. The lowest BCUT2D eigenvalue weighted by atomic mass is 10.3. The third-order valence-corrected chi connectivity index (χ3v) is 3.30. The van der Waals surface area contributed by atoms with Crippen LogP contribution in [0.1, 0.15) is 12.6 Å². The van der Waals surface area contributed by atoms with E-state index in [0.717, 1.165) is 10.3 Å². The number of aromatic nitrogens is 3. The predicted octanol–water partition coefficient (Wildman–Crippen LogP) is 1.51. The monoisotopic (exact) mass is 336 g/mol. The van der Waals surface area contributed by atoms with Crippen molar-refractivity contribution in [1.82, 2.24) is 14.5 Å². The van der Waals surface area contributed by atoms with Gasteiger partial charge in [-0.15, -0.1) is 0 Å². The molecule has 0 atom stereocenters. The first-order valence-corrected chi connectivity index (χ1v) is 7.54. The first-order valence-electron chi connectivity index (χ1n) is 7.16. The second kappa shape index (κ2) is 8.28. The van der Waals surface area contributed by atoms with Crippen LogP contribution in [0.4, 0.5) is 5.82 Å². The average molecular weight is 337 g/mol. The number of ether oxygens (including phenoxy) is 1. The van der Waals surface area contributed by atoms with E-state index in [0.29, 0.717) is 13.0 Å². The summed E-state index contributed by atoms with van der Waals surface area (Å²) < 4.78 is 5.95. The van der Waals surface area contributed by atoms with Crippen LogP contribution >= 0.6 is 11.6 Å².